The van der Waals surface area contributed by atoms with Gasteiger partial charge in [-0.1, -0.05) is 30.3 Å². The molecule has 2 amide bonds. The van der Waals surface area contributed by atoms with Crippen molar-refractivity contribution in [3.05, 3.63) is 75.7 Å². The van der Waals surface area contributed by atoms with Crippen molar-refractivity contribution in [2.45, 2.75) is 6.18 Å². The van der Waals surface area contributed by atoms with Gasteiger partial charge in [0.2, 0.25) is 0 Å². The number of aromatic amines is 1. The maximum absolute atomic E-state index is 13.0. The minimum Gasteiger partial charge on any atom is -0.267 e. The van der Waals surface area contributed by atoms with Gasteiger partial charge < -0.3 is 0 Å². The van der Waals surface area contributed by atoms with Gasteiger partial charge in [0.1, 0.15) is 0 Å². The summed E-state index contributed by atoms with van der Waals surface area (Å²) in [6.07, 6.45) is -4.73. The van der Waals surface area contributed by atoms with Crippen LogP contribution < -0.4 is 16.4 Å². The van der Waals surface area contributed by atoms with Crippen LogP contribution >= 0.6 is 0 Å². The molecule has 0 fully saturated rings. The van der Waals surface area contributed by atoms with Crippen molar-refractivity contribution < 1.29 is 22.8 Å². The van der Waals surface area contributed by atoms with E-state index in [0.29, 0.717) is 0 Å². The molecule has 0 bridgehead atoms. The molecule has 0 unspecified atom stereocenters. The van der Waals surface area contributed by atoms with E-state index in [-0.39, 0.29) is 16.5 Å². The summed E-state index contributed by atoms with van der Waals surface area (Å²) >= 11 is 0. The summed E-state index contributed by atoms with van der Waals surface area (Å²) in [4.78, 5) is 36.0. The predicted molar refractivity (Wildman–Crippen MR) is 88.7 cm³/mol. The quantitative estimate of drug-likeness (QED) is 0.595. The molecule has 0 saturated carbocycles. The van der Waals surface area contributed by atoms with E-state index in [1.165, 1.54) is 18.2 Å². The number of nitrogens with zero attached hydrogens (tertiary/aromatic N) is 1. The van der Waals surface area contributed by atoms with Gasteiger partial charge in [-0.15, -0.1) is 0 Å². The molecule has 10 heteroatoms. The van der Waals surface area contributed by atoms with Crippen LogP contribution in [0.5, 0.6) is 0 Å². The molecule has 7 nitrogen and oxygen atoms in total. The Morgan fingerprint density at radius 3 is 2.19 bits per heavy atom. The van der Waals surface area contributed by atoms with Crippen molar-refractivity contribution in [3.63, 3.8) is 0 Å². The fourth-order valence-corrected chi connectivity index (χ4v) is 2.46. The van der Waals surface area contributed by atoms with Gasteiger partial charge in [-0.3, -0.25) is 25.2 Å². The molecule has 138 valence electrons. The first kappa shape index (κ1) is 18.1. The summed E-state index contributed by atoms with van der Waals surface area (Å²) in [5.41, 5.74) is 1.42. The molecule has 0 radical (unpaired) electrons. The van der Waals surface area contributed by atoms with E-state index in [1.54, 1.807) is 12.1 Å². The van der Waals surface area contributed by atoms with E-state index in [4.69, 9.17) is 0 Å². The highest BCUT2D eigenvalue weighted by Gasteiger charge is 2.34. The van der Waals surface area contributed by atoms with E-state index < -0.39 is 34.7 Å². The van der Waals surface area contributed by atoms with Crippen LogP contribution in [0.1, 0.15) is 26.4 Å². The Bertz CT molecular complexity index is 1090. The number of benzene rings is 2. The van der Waals surface area contributed by atoms with Crippen molar-refractivity contribution in [1.82, 2.24) is 21.0 Å². The van der Waals surface area contributed by atoms with E-state index in [1.807, 2.05) is 10.9 Å². The van der Waals surface area contributed by atoms with E-state index in [9.17, 15) is 27.6 Å². The molecule has 3 aromatic rings. The van der Waals surface area contributed by atoms with E-state index in [0.717, 1.165) is 18.2 Å². The number of hydrazine groups is 1. The number of halogens is 3. The SMILES string of the molecule is O=C(NNC(=O)c1n[nH]c(=O)c2ccccc12)c1ccccc1C(F)(F)F. The third kappa shape index (κ3) is 3.64. The molecule has 3 N–H and O–H groups in total. The summed E-state index contributed by atoms with van der Waals surface area (Å²) in [5.74, 6) is -2.05. The molecule has 2 aromatic carbocycles. The number of H-pyrrole nitrogens is 1. The van der Waals surface area contributed by atoms with Crippen molar-refractivity contribution in [2.24, 2.45) is 0 Å². The van der Waals surface area contributed by atoms with Crippen LogP contribution in [0, 0.1) is 0 Å². The highest BCUT2D eigenvalue weighted by atomic mass is 19.4. The zero-order valence-electron chi connectivity index (χ0n) is 13.4. The Morgan fingerprint density at radius 2 is 1.48 bits per heavy atom. The molecule has 3 rings (SSSR count). The molecule has 0 aliphatic rings. The zero-order chi connectivity index (χ0) is 19.6. The van der Waals surface area contributed by atoms with Crippen LogP contribution in [0.3, 0.4) is 0 Å². The van der Waals surface area contributed by atoms with Crippen LogP contribution in [0.4, 0.5) is 13.2 Å². The van der Waals surface area contributed by atoms with Crippen molar-refractivity contribution >= 4 is 22.6 Å². The number of aromatic nitrogens is 2. The fraction of sp³-hybridized carbons (Fsp3) is 0.0588. The Morgan fingerprint density at radius 1 is 0.889 bits per heavy atom. The monoisotopic (exact) mass is 376 g/mol. The van der Waals surface area contributed by atoms with Gasteiger partial charge in [-0.05, 0) is 18.2 Å². The highest BCUT2D eigenvalue weighted by Crippen LogP contribution is 2.31. The van der Waals surface area contributed by atoms with Gasteiger partial charge in [0.25, 0.3) is 17.4 Å². The van der Waals surface area contributed by atoms with Crippen LogP contribution in [0.25, 0.3) is 10.8 Å². The number of hydrogen-bond acceptors (Lipinski definition) is 4. The van der Waals surface area contributed by atoms with E-state index >= 15 is 0 Å². The highest BCUT2D eigenvalue weighted by molar-refractivity contribution is 6.06. The first-order chi connectivity index (χ1) is 12.8. The lowest BCUT2D eigenvalue weighted by atomic mass is 10.1. The number of fused-ring (bicyclic) bond motifs is 1. The van der Waals surface area contributed by atoms with Crippen molar-refractivity contribution in [1.29, 1.82) is 0 Å². The van der Waals surface area contributed by atoms with Crippen LogP contribution in [-0.2, 0) is 6.18 Å². The lowest BCUT2D eigenvalue weighted by Gasteiger charge is -2.13. The molecule has 0 saturated heterocycles. The molecule has 0 atom stereocenters. The summed E-state index contributed by atoms with van der Waals surface area (Å²) in [7, 11) is 0. The molecule has 27 heavy (non-hydrogen) atoms. The second-order valence-corrected chi connectivity index (χ2v) is 5.40. The first-order valence-electron chi connectivity index (χ1n) is 7.53. The standard InChI is InChI=1S/C17H11F3N4O3/c18-17(19,20)12-8-4-3-7-11(12)15(26)23-24-16(27)13-9-5-1-2-6-10(9)14(25)22-21-13/h1-8H,(H,22,25)(H,23,26)(H,24,27). The number of alkyl halides is 3. The largest absolute Gasteiger partial charge is 0.417 e. The second kappa shape index (κ2) is 6.90. The van der Waals surface area contributed by atoms with Crippen LogP contribution in [-0.4, -0.2) is 22.0 Å². The number of carbonyl (C=O) groups is 2. The smallest absolute Gasteiger partial charge is 0.267 e. The second-order valence-electron chi connectivity index (χ2n) is 5.40. The van der Waals surface area contributed by atoms with Gasteiger partial charge >= 0.3 is 6.18 Å². The average Bonchev–Trinajstić information content (AvgIpc) is 2.65. The Hall–Kier alpha value is -3.69. The van der Waals surface area contributed by atoms with Crippen LogP contribution in [0.2, 0.25) is 0 Å². The van der Waals surface area contributed by atoms with Crippen LogP contribution in [0.15, 0.2) is 53.3 Å². The zero-order valence-corrected chi connectivity index (χ0v) is 13.4. The third-order valence-corrected chi connectivity index (χ3v) is 3.68. The summed E-state index contributed by atoms with van der Waals surface area (Å²) in [5, 5.41) is 6.20. The van der Waals surface area contributed by atoms with Crippen molar-refractivity contribution in [3.8, 4) is 0 Å². The Labute approximate surface area is 149 Å². The van der Waals surface area contributed by atoms with E-state index in [2.05, 4.69) is 10.2 Å². The summed E-state index contributed by atoms with van der Waals surface area (Å²) in [6, 6.07) is 10.3. The van der Waals surface area contributed by atoms with Gasteiger partial charge in [-0.2, -0.15) is 18.3 Å². The Kier molecular flexibility index (Phi) is 4.63. The molecule has 0 aliphatic carbocycles. The predicted octanol–water partition coefficient (Wildman–Crippen LogP) is 2.02. The number of rotatable bonds is 2. The van der Waals surface area contributed by atoms with Gasteiger partial charge in [-0.25, -0.2) is 5.10 Å². The minimum atomic E-state index is -4.73. The topological polar surface area (TPSA) is 104 Å². The maximum atomic E-state index is 13.0. The lowest BCUT2D eigenvalue weighted by molar-refractivity contribution is -0.137. The molecular weight excluding hydrogens is 365 g/mol. The summed E-state index contributed by atoms with van der Waals surface area (Å²) in [6.45, 7) is 0. The molecule has 0 aliphatic heterocycles. The normalized spacial score (nSPS) is 11.2. The maximum Gasteiger partial charge on any atom is 0.417 e. The first-order valence-corrected chi connectivity index (χ1v) is 7.53. The van der Waals surface area contributed by atoms with Crippen molar-refractivity contribution in [2.75, 3.05) is 0 Å². The van der Waals surface area contributed by atoms with Gasteiger partial charge in [0.15, 0.2) is 5.69 Å². The number of nitrogens with one attached hydrogen (secondary N) is 3. The summed E-state index contributed by atoms with van der Waals surface area (Å²) < 4.78 is 38.9. The number of carbonyl (C=O) groups excluding carboxylic acids is 2. The molecule has 1 heterocycles. The van der Waals surface area contributed by atoms with Gasteiger partial charge in [0.05, 0.1) is 16.5 Å². The molecular formula is C17H11F3N4O3. The van der Waals surface area contributed by atoms with Gasteiger partial charge in [0, 0.05) is 5.39 Å². The lowest BCUT2D eigenvalue weighted by Crippen LogP contribution is -2.43. The number of hydrogen-bond donors (Lipinski definition) is 3. The fourth-order valence-electron chi connectivity index (χ4n) is 2.46. The Balaban J connectivity index is 1.83. The molecule has 0 spiro atoms. The average molecular weight is 376 g/mol. The molecule has 1 aromatic heterocycles. The number of amides is 2. The third-order valence-electron chi connectivity index (χ3n) is 3.68. The minimum absolute atomic E-state index is 0.199.